The van der Waals surface area contributed by atoms with E-state index in [0.717, 1.165) is 21.3 Å². The maximum absolute atomic E-state index is 12.1. The van der Waals surface area contributed by atoms with Gasteiger partial charge >= 0.3 is 0 Å². The highest BCUT2D eigenvalue weighted by Gasteiger charge is 2.06. The van der Waals surface area contributed by atoms with Crippen molar-refractivity contribution in [2.75, 3.05) is 19.2 Å². The first-order valence-corrected chi connectivity index (χ1v) is 9.73. The van der Waals surface area contributed by atoms with Gasteiger partial charge in [0.25, 0.3) is 0 Å². The van der Waals surface area contributed by atoms with E-state index in [2.05, 4.69) is 26.2 Å². The smallest absolute Gasteiger partial charge is 0.250 e. The Hall–Kier alpha value is -2.48. The van der Waals surface area contributed by atoms with Crippen molar-refractivity contribution < 1.29 is 14.3 Å². The molecule has 3 aromatic rings. The lowest BCUT2D eigenvalue weighted by atomic mass is 10.2. The minimum Gasteiger partial charge on any atom is -0.468 e. The summed E-state index contributed by atoms with van der Waals surface area (Å²) >= 11 is 4.80. The zero-order valence-corrected chi connectivity index (χ0v) is 16.9. The summed E-state index contributed by atoms with van der Waals surface area (Å²) in [5.74, 6) is 0.480. The second-order valence-electron chi connectivity index (χ2n) is 5.49. The molecular weight excluding hydrogens is 428 g/mol. The van der Waals surface area contributed by atoms with Gasteiger partial charge in [0.05, 0.1) is 5.69 Å². The van der Waals surface area contributed by atoms with E-state index in [-0.39, 0.29) is 12.7 Å². The highest BCUT2D eigenvalue weighted by atomic mass is 79.9. The van der Waals surface area contributed by atoms with Gasteiger partial charge in [-0.15, -0.1) is 11.3 Å². The summed E-state index contributed by atoms with van der Waals surface area (Å²) in [4.78, 5) is 16.6. The van der Waals surface area contributed by atoms with Crippen LogP contribution in [0.15, 0.2) is 64.5 Å². The van der Waals surface area contributed by atoms with Gasteiger partial charge in [-0.05, 0) is 35.9 Å². The van der Waals surface area contributed by atoms with Crippen LogP contribution in [0.4, 0.5) is 5.13 Å². The van der Waals surface area contributed by atoms with Gasteiger partial charge in [-0.2, -0.15) is 0 Å². The monoisotopic (exact) mass is 444 g/mol. The van der Waals surface area contributed by atoms with Crippen LogP contribution in [0.2, 0.25) is 0 Å². The van der Waals surface area contributed by atoms with Crippen molar-refractivity contribution in [1.82, 2.24) is 4.98 Å². The van der Waals surface area contributed by atoms with Crippen molar-refractivity contribution in [2.24, 2.45) is 0 Å². The molecule has 7 heteroatoms. The molecule has 0 aliphatic heterocycles. The highest BCUT2D eigenvalue weighted by molar-refractivity contribution is 9.10. The number of hydrogen-bond acceptors (Lipinski definition) is 5. The van der Waals surface area contributed by atoms with Gasteiger partial charge in [0.2, 0.25) is 5.91 Å². The van der Waals surface area contributed by atoms with Crippen molar-refractivity contribution >= 4 is 44.4 Å². The van der Waals surface area contributed by atoms with Crippen LogP contribution >= 0.6 is 27.3 Å². The second-order valence-corrected chi connectivity index (χ2v) is 7.26. The SMILES string of the molecule is COCOc1ccc(/C=C/C(=O)Nc2nc(-c3ccc(Br)cc3)cs2)cc1. The first kappa shape index (κ1) is 19.3. The predicted molar refractivity (Wildman–Crippen MR) is 112 cm³/mol. The summed E-state index contributed by atoms with van der Waals surface area (Å²) in [5.41, 5.74) is 2.73. The molecule has 0 spiro atoms. The zero-order valence-electron chi connectivity index (χ0n) is 14.5. The van der Waals surface area contributed by atoms with E-state index < -0.39 is 0 Å². The van der Waals surface area contributed by atoms with E-state index in [4.69, 9.17) is 9.47 Å². The standard InChI is InChI=1S/C20H17BrN2O3S/c1-25-13-26-17-9-2-14(3-10-17)4-11-19(24)23-20-22-18(12-27-20)15-5-7-16(21)8-6-15/h2-12H,13H2,1H3,(H,22,23,24)/b11-4+. The van der Waals surface area contributed by atoms with Gasteiger partial charge in [-0.25, -0.2) is 4.98 Å². The lowest BCUT2D eigenvalue weighted by Crippen LogP contribution is -2.07. The minimum atomic E-state index is -0.230. The van der Waals surface area contributed by atoms with Crippen molar-refractivity contribution in [3.05, 3.63) is 70.0 Å². The van der Waals surface area contributed by atoms with Crippen LogP contribution in [-0.2, 0) is 9.53 Å². The molecule has 0 saturated heterocycles. The Morgan fingerprint density at radius 1 is 1.19 bits per heavy atom. The molecular formula is C20H17BrN2O3S. The summed E-state index contributed by atoms with van der Waals surface area (Å²) in [5, 5.41) is 5.26. The van der Waals surface area contributed by atoms with E-state index in [1.54, 1.807) is 13.2 Å². The summed E-state index contributed by atoms with van der Waals surface area (Å²) in [6.45, 7) is 0.202. The lowest BCUT2D eigenvalue weighted by molar-refractivity contribution is -0.111. The number of rotatable bonds is 7. The maximum atomic E-state index is 12.1. The summed E-state index contributed by atoms with van der Waals surface area (Å²) < 4.78 is 11.2. The second kappa shape index (κ2) is 9.45. The lowest BCUT2D eigenvalue weighted by Gasteiger charge is -2.04. The van der Waals surface area contributed by atoms with Gasteiger partial charge in [0.15, 0.2) is 11.9 Å². The Morgan fingerprint density at radius 3 is 2.63 bits per heavy atom. The quantitative estimate of drug-likeness (QED) is 0.401. The third-order valence-corrected chi connectivity index (χ3v) is 4.81. The van der Waals surface area contributed by atoms with Crippen LogP contribution in [0.1, 0.15) is 5.56 Å². The number of ether oxygens (including phenoxy) is 2. The van der Waals surface area contributed by atoms with Crippen molar-refractivity contribution in [3.8, 4) is 17.0 Å². The fourth-order valence-electron chi connectivity index (χ4n) is 2.21. The molecule has 138 valence electrons. The predicted octanol–water partition coefficient (Wildman–Crippen LogP) is 5.21. The van der Waals surface area contributed by atoms with E-state index in [1.807, 2.05) is 53.9 Å². The number of hydrogen-bond donors (Lipinski definition) is 1. The normalized spacial score (nSPS) is 10.9. The van der Waals surface area contributed by atoms with E-state index in [9.17, 15) is 4.79 Å². The highest BCUT2D eigenvalue weighted by Crippen LogP contribution is 2.26. The number of thiazole rings is 1. The van der Waals surface area contributed by atoms with Gasteiger partial charge in [-0.3, -0.25) is 10.1 Å². The fraction of sp³-hybridized carbons (Fsp3) is 0.100. The Morgan fingerprint density at radius 2 is 1.93 bits per heavy atom. The van der Waals surface area contributed by atoms with Crippen LogP contribution in [0.5, 0.6) is 5.75 Å². The number of amides is 1. The zero-order chi connectivity index (χ0) is 19.1. The van der Waals surface area contributed by atoms with Crippen molar-refractivity contribution in [2.45, 2.75) is 0 Å². The largest absolute Gasteiger partial charge is 0.468 e. The fourth-order valence-corrected chi connectivity index (χ4v) is 3.19. The van der Waals surface area contributed by atoms with Crippen LogP contribution < -0.4 is 10.1 Å². The number of methoxy groups -OCH3 is 1. The number of anilines is 1. The summed E-state index contributed by atoms with van der Waals surface area (Å²) in [6.07, 6.45) is 3.21. The Kier molecular flexibility index (Phi) is 6.75. The molecule has 1 heterocycles. The Labute approximate surface area is 169 Å². The van der Waals surface area contributed by atoms with Crippen LogP contribution in [-0.4, -0.2) is 24.8 Å². The van der Waals surface area contributed by atoms with Gasteiger partial charge in [0.1, 0.15) is 5.75 Å². The maximum Gasteiger partial charge on any atom is 0.250 e. The first-order chi connectivity index (χ1) is 13.1. The third-order valence-electron chi connectivity index (χ3n) is 3.53. The molecule has 27 heavy (non-hydrogen) atoms. The molecule has 0 aliphatic rings. The Bertz CT molecular complexity index is 921. The third kappa shape index (κ3) is 5.75. The van der Waals surface area contributed by atoms with E-state index in [0.29, 0.717) is 10.9 Å². The topological polar surface area (TPSA) is 60.5 Å². The number of nitrogens with one attached hydrogen (secondary N) is 1. The average Bonchev–Trinajstić information content (AvgIpc) is 3.14. The molecule has 0 atom stereocenters. The molecule has 1 aromatic heterocycles. The van der Waals surface area contributed by atoms with E-state index in [1.165, 1.54) is 17.4 Å². The molecule has 5 nitrogen and oxygen atoms in total. The molecule has 0 aliphatic carbocycles. The molecule has 0 fully saturated rings. The number of nitrogens with zero attached hydrogens (tertiary/aromatic N) is 1. The number of carbonyl (C=O) groups excluding carboxylic acids is 1. The number of aromatic nitrogens is 1. The summed E-state index contributed by atoms with van der Waals surface area (Å²) in [6, 6.07) is 15.2. The molecule has 0 radical (unpaired) electrons. The molecule has 3 rings (SSSR count). The minimum absolute atomic E-state index is 0.202. The van der Waals surface area contributed by atoms with Crippen molar-refractivity contribution in [3.63, 3.8) is 0 Å². The molecule has 0 bridgehead atoms. The average molecular weight is 445 g/mol. The van der Waals surface area contributed by atoms with Crippen molar-refractivity contribution in [1.29, 1.82) is 0 Å². The van der Waals surface area contributed by atoms with Crippen LogP contribution in [0.25, 0.3) is 17.3 Å². The van der Waals surface area contributed by atoms with Gasteiger partial charge < -0.3 is 9.47 Å². The number of carbonyl (C=O) groups is 1. The molecule has 1 amide bonds. The summed E-state index contributed by atoms with van der Waals surface area (Å²) in [7, 11) is 1.57. The molecule has 2 aromatic carbocycles. The first-order valence-electron chi connectivity index (χ1n) is 8.06. The molecule has 0 unspecified atom stereocenters. The van der Waals surface area contributed by atoms with Gasteiger partial charge in [-0.1, -0.05) is 40.2 Å². The molecule has 1 N–H and O–H groups in total. The Balaban J connectivity index is 1.57. The van der Waals surface area contributed by atoms with E-state index >= 15 is 0 Å². The number of halogens is 1. The van der Waals surface area contributed by atoms with Crippen LogP contribution in [0.3, 0.4) is 0 Å². The van der Waals surface area contributed by atoms with Crippen LogP contribution in [0, 0.1) is 0 Å². The number of benzene rings is 2. The molecule has 0 saturated carbocycles. The van der Waals surface area contributed by atoms with Gasteiger partial charge in [0, 0.05) is 28.6 Å².